The van der Waals surface area contributed by atoms with Crippen molar-refractivity contribution in [2.24, 2.45) is 0 Å². The van der Waals surface area contributed by atoms with E-state index >= 15 is 0 Å². The fourth-order valence-electron chi connectivity index (χ4n) is 3.22. The summed E-state index contributed by atoms with van der Waals surface area (Å²) in [5, 5.41) is 9.75. The van der Waals surface area contributed by atoms with Crippen LogP contribution in [0.1, 0.15) is 36.0 Å². The highest BCUT2D eigenvalue weighted by molar-refractivity contribution is 7.98. The molecular formula is C22H19FN4OS. The summed E-state index contributed by atoms with van der Waals surface area (Å²) in [6.07, 6.45) is 4.03. The molecule has 0 aliphatic heterocycles. The first-order valence-corrected chi connectivity index (χ1v) is 10.6. The van der Waals surface area contributed by atoms with Crippen molar-refractivity contribution in [3.05, 3.63) is 83.9 Å². The Balaban J connectivity index is 1.33. The Labute approximate surface area is 172 Å². The molecule has 0 radical (unpaired) electrons. The number of halogens is 1. The van der Waals surface area contributed by atoms with Gasteiger partial charge in [-0.2, -0.15) is 0 Å². The van der Waals surface area contributed by atoms with Crippen molar-refractivity contribution in [3.8, 4) is 11.3 Å². The maximum atomic E-state index is 13.1. The van der Waals surface area contributed by atoms with Crippen LogP contribution in [-0.2, 0) is 12.3 Å². The Kier molecular flexibility index (Phi) is 4.89. The molecule has 1 aliphatic carbocycles. The number of benzene rings is 2. The second-order valence-corrected chi connectivity index (χ2v) is 8.04. The third-order valence-electron chi connectivity index (χ3n) is 4.88. The van der Waals surface area contributed by atoms with E-state index in [0.29, 0.717) is 23.3 Å². The molecule has 7 heteroatoms. The van der Waals surface area contributed by atoms with E-state index in [1.54, 1.807) is 30.1 Å². The highest BCUT2D eigenvalue weighted by Gasteiger charge is 2.30. The van der Waals surface area contributed by atoms with E-state index in [9.17, 15) is 4.39 Å². The van der Waals surface area contributed by atoms with Crippen LogP contribution in [0, 0.1) is 5.82 Å². The molecule has 0 N–H and O–H groups in total. The molecule has 1 saturated carbocycles. The predicted octanol–water partition coefficient (Wildman–Crippen LogP) is 5.29. The summed E-state index contributed by atoms with van der Waals surface area (Å²) < 4.78 is 21.2. The van der Waals surface area contributed by atoms with E-state index in [4.69, 9.17) is 4.42 Å². The zero-order valence-corrected chi connectivity index (χ0v) is 16.5. The molecule has 29 heavy (non-hydrogen) atoms. The second kappa shape index (κ2) is 7.83. The maximum Gasteiger partial charge on any atom is 0.205 e. The molecule has 0 spiro atoms. The first-order chi connectivity index (χ1) is 14.3. The molecule has 5 nitrogen and oxygen atoms in total. The van der Waals surface area contributed by atoms with Crippen molar-refractivity contribution in [1.29, 1.82) is 0 Å². The van der Waals surface area contributed by atoms with E-state index in [1.807, 2.05) is 18.2 Å². The zero-order valence-electron chi connectivity index (χ0n) is 15.7. The van der Waals surface area contributed by atoms with E-state index in [-0.39, 0.29) is 5.82 Å². The van der Waals surface area contributed by atoms with Crippen LogP contribution < -0.4 is 0 Å². The van der Waals surface area contributed by atoms with E-state index in [2.05, 4.69) is 31.9 Å². The number of hydrogen-bond acceptors (Lipinski definition) is 5. The first-order valence-electron chi connectivity index (χ1n) is 9.57. The molecule has 1 aliphatic rings. The van der Waals surface area contributed by atoms with Gasteiger partial charge >= 0.3 is 0 Å². The Morgan fingerprint density at radius 3 is 2.59 bits per heavy atom. The SMILES string of the molecule is Fc1ccc(-c2cnc(CSc3nnc(C4CC4)n3Cc3ccccc3)o2)cc1. The fraction of sp³-hybridized carbons (Fsp3) is 0.227. The Morgan fingerprint density at radius 1 is 1.03 bits per heavy atom. The molecule has 0 unspecified atom stereocenters. The molecular weight excluding hydrogens is 387 g/mol. The lowest BCUT2D eigenvalue weighted by atomic mass is 10.2. The monoisotopic (exact) mass is 406 g/mol. The first kappa shape index (κ1) is 18.1. The molecule has 2 heterocycles. The maximum absolute atomic E-state index is 13.1. The van der Waals surface area contributed by atoms with Gasteiger partial charge in [-0.05, 0) is 42.7 Å². The molecule has 146 valence electrons. The summed E-state index contributed by atoms with van der Waals surface area (Å²) in [5.74, 6) is 3.11. The van der Waals surface area contributed by atoms with Gasteiger partial charge < -0.3 is 8.98 Å². The van der Waals surface area contributed by atoms with E-state index in [1.165, 1.54) is 30.5 Å². The van der Waals surface area contributed by atoms with Gasteiger partial charge in [-0.3, -0.25) is 0 Å². The molecule has 1 fully saturated rings. The predicted molar refractivity (Wildman–Crippen MR) is 109 cm³/mol. The van der Waals surface area contributed by atoms with Crippen molar-refractivity contribution >= 4 is 11.8 Å². The van der Waals surface area contributed by atoms with Crippen LogP contribution in [0.15, 0.2) is 70.4 Å². The smallest absolute Gasteiger partial charge is 0.205 e. The normalized spacial score (nSPS) is 13.7. The fourth-order valence-corrected chi connectivity index (χ4v) is 4.01. The third kappa shape index (κ3) is 4.10. The number of hydrogen-bond donors (Lipinski definition) is 0. The number of aromatic nitrogens is 4. The Morgan fingerprint density at radius 2 is 1.83 bits per heavy atom. The summed E-state index contributed by atoms with van der Waals surface area (Å²) in [7, 11) is 0. The minimum atomic E-state index is -0.270. The topological polar surface area (TPSA) is 56.7 Å². The zero-order chi connectivity index (χ0) is 19.6. The van der Waals surface area contributed by atoms with Crippen molar-refractivity contribution in [2.75, 3.05) is 0 Å². The molecule has 0 saturated heterocycles. The minimum absolute atomic E-state index is 0.270. The van der Waals surface area contributed by atoms with Crippen LogP contribution in [0.25, 0.3) is 11.3 Å². The van der Waals surface area contributed by atoms with Crippen LogP contribution in [-0.4, -0.2) is 19.7 Å². The summed E-state index contributed by atoms with van der Waals surface area (Å²) in [5.41, 5.74) is 2.03. The van der Waals surface area contributed by atoms with Gasteiger partial charge in [0.05, 0.1) is 18.5 Å². The molecule has 0 bridgehead atoms. The lowest BCUT2D eigenvalue weighted by Gasteiger charge is -2.09. The third-order valence-corrected chi connectivity index (χ3v) is 5.83. The summed E-state index contributed by atoms with van der Waals surface area (Å²) in [6, 6.07) is 16.6. The molecule has 2 aromatic carbocycles. The van der Waals surface area contributed by atoms with Gasteiger partial charge in [0.15, 0.2) is 10.9 Å². The van der Waals surface area contributed by atoms with Gasteiger partial charge in [0.2, 0.25) is 5.89 Å². The van der Waals surface area contributed by atoms with Crippen molar-refractivity contribution in [3.63, 3.8) is 0 Å². The van der Waals surface area contributed by atoms with Gasteiger partial charge in [-0.15, -0.1) is 10.2 Å². The van der Waals surface area contributed by atoms with Crippen LogP contribution in [0.2, 0.25) is 0 Å². The van der Waals surface area contributed by atoms with Crippen molar-refractivity contribution in [2.45, 2.75) is 36.2 Å². The van der Waals surface area contributed by atoms with Gasteiger partial charge in [0.1, 0.15) is 11.6 Å². The average Bonchev–Trinajstić information content (AvgIpc) is 3.35. The van der Waals surface area contributed by atoms with Gasteiger partial charge in [-0.1, -0.05) is 42.1 Å². The van der Waals surface area contributed by atoms with Gasteiger partial charge in [-0.25, -0.2) is 9.37 Å². The molecule has 0 atom stereocenters. The number of rotatable bonds is 7. The highest BCUT2D eigenvalue weighted by Crippen LogP contribution is 2.40. The largest absolute Gasteiger partial charge is 0.440 e. The van der Waals surface area contributed by atoms with Gasteiger partial charge in [0, 0.05) is 11.5 Å². The standard InChI is InChI=1S/C22H19FN4OS/c23-18-10-8-16(9-11-18)19-12-24-20(28-19)14-29-22-26-25-21(17-6-7-17)27(22)13-15-4-2-1-3-5-15/h1-5,8-12,17H,6-7,13-14H2. The Hall–Kier alpha value is -2.93. The summed E-state index contributed by atoms with van der Waals surface area (Å²) in [4.78, 5) is 4.36. The van der Waals surface area contributed by atoms with E-state index in [0.717, 1.165) is 23.1 Å². The number of nitrogens with zero attached hydrogens (tertiary/aromatic N) is 4. The lowest BCUT2D eigenvalue weighted by molar-refractivity contribution is 0.529. The number of thioether (sulfide) groups is 1. The average molecular weight is 406 g/mol. The number of oxazole rings is 1. The quantitative estimate of drug-likeness (QED) is 0.390. The lowest BCUT2D eigenvalue weighted by Crippen LogP contribution is -2.06. The molecule has 5 rings (SSSR count). The van der Waals surface area contributed by atoms with E-state index < -0.39 is 0 Å². The molecule has 2 aromatic heterocycles. The molecule has 4 aromatic rings. The van der Waals surface area contributed by atoms with Crippen molar-refractivity contribution in [1.82, 2.24) is 19.7 Å². The minimum Gasteiger partial charge on any atom is -0.440 e. The summed E-state index contributed by atoms with van der Waals surface area (Å²) in [6.45, 7) is 0.758. The molecule has 0 amide bonds. The van der Waals surface area contributed by atoms with Crippen LogP contribution >= 0.6 is 11.8 Å². The Bertz CT molecular complexity index is 1100. The highest BCUT2D eigenvalue weighted by atomic mass is 32.2. The van der Waals surface area contributed by atoms with Crippen LogP contribution in [0.3, 0.4) is 0 Å². The van der Waals surface area contributed by atoms with Crippen LogP contribution in [0.5, 0.6) is 0 Å². The summed E-state index contributed by atoms with van der Waals surface area (Å²) >= 11 is 1.57. The van der Waals surface area contributed by atoms with Crippen molar-refractivity contribution < 1.29 is 8.81 Å². The second-order valence-electron chi connectivity index (χ2n) is 7.10. The van der Waals surface area contributed by atoms with Crippen LogP contribution in [0.4, 0.5) is 4.39 Å². The van der Waals surface area contributed by atoms with Gasteiger partial charge in [0.25, 0.3) is 0 Å².